The first-order valence-corrected chi connectivity index (χ1v) is 8.77. The first kappa shape index (κ1) is 17.0. The number of methoxy groups -OCH3 is 1. The fourth-order valence-corrected chi connectivity index (χ4v) is 3.53. The van der Waals surface area contributed by atoms with Crippen molar-refractivity contribution in [1.82, 2.24) is 9.80 Å². The number of rotatable bonds is 6. The van der Waals surface area contributed by atoms with Gasteiger partial charge in [0.25, 0.3) is 0 Å². The van der Waals surface area contributed by atoms with Crippen LogP contribution in [-0.4, -0.2) is 50.6 Å². The third-order valence-electron chi connectivity index (χ3n) is 5.08. The van der Waals surface area contributed by atoms with Crippen LogP contribution in [0.25, 0.3) is 0 Å². The molecule has 1 atom stereocenters. The molecule has 3 heteroatoms. The van der Waals surface area contributed by atoms with E-state index in [1.807, 2.05) is 0 Å². The van der Waals surface area contributed by atoms with Gasteiger partial charge in [-0.1, -0.05) is 36.4 Å². The number of nitrogens with zero attached hydrogens (tertiary/aromatic N) is 2. The third-order valence-corrected chi connectivity index (χ3v) is 5.08. The van der Waals surface area contributed by atoms with Crippen molar-refractivity contribution < 1.29 is 4.74 Å². The van der Waals surface area contributed by atoms with Crippen LogP contribution in [0.4, 0.5) is 0 Å². The van der Waals surface area contributed by atoms with E-state index in [4.69, 9.17) is 4.74 Å². The number of fused-ring (bicyclic) bond motifs is 1. The van der Waals surface area contributed by atoms with Crippen molar-refractivity contribution in [3.63, 3.8) is 0 Å². The Morgan fingerprint density at radius 1 is 1.17 bits per heavy atom. The number of hydrogen-bond acceptors (Lipinski definition) is 3. The lowest BCUT2D eigenvalue weighted by Crippen LogP contribution is -2.39. The Kier molecular flexibility index (Phi) is 5.54. The summed E-state index contributed by atoms with van der Waals surface area (Å²) < 4.78 is 5.39. The summed E-state index contributed by atoms with van der Waals surface area (Å²) in [5.74, 6) is 0.967. The molecule has 2 aromatic rings. The fraction of sp³-hybridized carbons (Fsp3) is 0.429. The minimum Gasteiger partial charge on any atom is -0.497 e. The van der Waals surface area contributed by atoms with Gasteiger partial charge in [-0.15, -0.1) is 0 Å². The monoisotopic (exact) mass is 324 g/mol. The fourth-order valence-electron chi connectivity index (χ4n) is 3.53. The van der Waals surface area contributed by atoms with Crippen LogP contribution in [0.1, 0.15) is 22.7 Å². The Balaban J connectivity index is 1.65. The highest BCUT2D eigenvalue weighted by molar-refractivity contribution is 5.39. The molecule has 0 fully saturated rings. The Morgan fingerprint density at radius 2 is 1.96 bits per heavy atom. The highest BCUT2D eigenvalue weighted by atomic mass is 16.5. The van der Waals surface area contributed by atoms with E-state index in [9.17, 15) is 0 Å². The lowest BCUT2D eigenvalue weighted by Gasteiger charge is -2.37. The summed E-state index contributed by atoms with van der Waals surface area (Å²) in [5, 5.41) is 0. The molecule has 3 rings (SSSR count). The van der Waals surface area contributed by atoms with E-state index in [2.05, 4.69) is 72.4 Å². The zero-order chi connectivity index (χ0) is 16.9. The first-order valence-electron chi connectivity index (χ1n) is 8.77. The lowest BCUT2D eigenvalue weighted by molar-refractivity contribution is 0.172. The second kappa shape index (κ2) is 7.82. The molecule has 0 saturated carbocycles. The van der Waals surface area contributed by atoms with Gasteiger partial charge in [0.2, 0.25) is 0 Å². The minimum absolute atomic E-state index is 0.459. The molecule has 1 aliphatic heterocycles. The first-order chi connectivity index (χ1) is 11.7. The Bertz CT molecular complexity index is 656. The zero-order valence-electron chi connectivity index (χ0n) is 15.0. The molecule has 1 aliphatic rings. The molecule has 0 amide bonds. The number of ether oxygens (including phenoxy) is 1. The predicted octanol–water partition coefficient (Wildman–Crippen LogP) is 3.40. The van der Waals surface area contributed by atoms with Gasteiger partial charge in [0.15, 0.2) is 0 Å². The van der Waals surface area contributed by atoms with E-state index in [0.717, 1.165) is 38.2 Å². The van der Waals surface area contributed by atoms with Crippen molar-refractivity contribution >= 4 is 0 Å². The van der Waals surface area contributed by atoms with Gasteiger partial charge in [-0.3, -0.25) is 4.90 Å². The van der Waals surface area contributed by atoms with Crippen LogP contribution >= 0.6 is 0 Å². The number of likely N-dealkylation sites (N-methyl/N-ethyl adjacent to an activating group) is 2. The summed E-state index contributed by atoms with van der Waals surface area (Å²) in [4.78, 5) is 4.93. The smallest absolute Gasteiger partial charge is 0.119 e. The van der Waals surface area contributed by atoms with E-state index in [0.29, 0.717) is 6.04 Å². The summed E-state index contributed by atoms with van der Waals surface area (Å²) in [5.41, 5.74) is 4.30. The van der Waals surface area contributed by atoms with Crippen molar-refractivity contribution in [2.45, 2.75) is 18.9 Å². The second-order valence-corrected chi connectivity index (χ2v) is 6.81. The molecule has 0 aliphatic carbocycles. The summed E-state index contributed by atoms with van der Waals surface area (Å²) in [6, 6.07) is 17.7. The van der Waals surface area contributed by atoms with Crippen molar-refractivity contribution in [1.29, 1.82) is 0 Å². The molecule has 1 heterocycles. The Morgan fingerprint density at radius 3 is 2.71 bits per heavy atom. The topological polar surface area (TPSA) is 15.7 Å². The van der Waals surface area contributed by atoms with Crippen LogP contribution < -0.4 is 4.74 Å². The molecular formula is C21H28N2O. The Labute approximate surface area is 145 Å². The Hall–Kier alpha value is -1.84. The molecule has 0 saturated heterocycles. The second-order valence-electron chi connectivity index (χ2n) is 6.81. The van der Waals surface area contributed by atoms with Gasteiger partial charge in [0.1, 0.15) is 5.75 Å². The highest BCUT2D eigenvalue weighted by Gasteiger charge is 2.25. The maximum Gasteiger partial charge on any atom is 0.119 e. The molecule has 0 aromatic heterocycles. The molecule has 1 unspecified atom stereocenters. The van der Waals surface area contributed by atoms with Gasteiger partial charge in [-0.25, -0.2) is 0 Å². The van der Waals surface area contributed by atoms with Gasteiger partial charge in [-0.05, 0) is 55.8 Å². The van der Waals surface area contributed by atoms with Gasteiger partial charge < -0.3 is 9.64 Å². The van der Waals surface area contributed by atoms with Crippen LogP contribution in [0.2, 0.25) is 0 Å². The van der Waals surface area contributed by atoms with Crippen LogP contribution in [0.15, 0.2) is 48.5 Å². The summed E-state index contributed by atoms with van der Waals surface area (Å²) >= 11 is 0. The normalized spacial score (nSPS) is 17.8. The SMILES string of the molecule is COc1ccc2c(c1)CCN(C)C2CN(C)CCc1ccccc1. The molecule has 2 aromatic carbocycles. The molecule has 0 N–H and O–H groups in total. The van der Waals surface area contributed by atoms with Gasteiger partial charge in [0, 0.05) is 25.7 Å². The van der Waals surface area contributed by atoms with Crippen molar-refractivity contribution in [3.05, 3.63) is 65.2 Å². The average Bonchev–Trinajstić information content (AvgIpc) is 2.63. The van der Waals surface area contributed by atoms with Crippen molar-refractivity contribution in [2.75, 3.05) is 40.8 Å². The summed E-state index contributed by atoms with van der Waals surface area (Å²) in [6.07, 6.45) is 2.20. The molecule has 0 radical (unpaired) electrons. The van der Waals surface area contributed by atoms with Gasteiger partial charge in [0.05, 0.1) is 7.11 Å². The number of hydrogen-bond donors (Lipinski definition) is 0. The van der Waals surface area contributed by atoms with Crippen LogP contribution in [-0.2, 0) is 12.8 Å². The van der Waals surface area contributed by atoms with Crippen LogP contribution in [0, 0.1) is 0 Å². The van der Waals surface area contributed by atoms with Crippen LogP contribution in [0.5, 0.6) is 5.75 Å². The zero-order valence-corrected chi connectivity index (χ0v) is 15.0. The average molecular weight is 324 g/mol. The molecular weight excluding hydrogens is 296 g/mol. The summed E-state index contributed by atoms with van der Waals surface area (Å²) in [6.45, 7) is 3.25. The number of benzene rings is 2. The molecule has 0 spiro atoms. The molecule has 3 nitrogen and oxygen atoms in total. The van der Waals surface area contributed by atoms with E-state index in [1.165, 1.54) is 16.7 Å². The quantitative estimate of drug-likeness (QED) is 0.810. The highest BCUT2D eigenvalue weighted by Crippen LogP contribution is 2.31. The summed E-state index contributed by atoms with van der Waals surface area (Å²) in [7, 11) is 6.21. The van der Waals surface area contributed by atoms with Crippen LogP contribution in [0.3, 0.4) is 0 Å². The lowest BCUT2D eigenvalue weighted by atomic mass is 9.92. The van der Waals surface area contributed by atoms with E-state index in [1.54, 1.807) is 7.11 Å². The van der Waals surface area contributed by atoms with Gasteiger partial charge in [-0.2, -0.15) is 0 Å². The van der Waals surface area contributed by atoms with Crippen molar-refractivity contribution in [2.24, 2.45) is 0 Å². The van der Waals surface area contributed by atoms with E-state index in [-0.39, 0.29) is 0 Å². The van der Waals surface area contributed by atoms with Gasteiger partial charge >= 0.3 is 0 Å². The van der Waals surface area contributed by atoms with E-state index >= 15 is 0 Å². The minimum atomic E-state index is 0.459. The largest absolute Gasteiger partial charge is 0.497 e. The predicted molar refractivity (Wildman–Crippen MR) is 99.7 cm³/mol. The molecule has 24 heavy (non-hydrogen) atoms. The van der Waals surface area contributed by atoms with Crippen molar-refractivity contribution in [3.8, 4) is 5.75 Å². The third kappa shape index (κ3) is 3.97. The maximum atomic E-state index is 5.39. The molecule has 128 valence electrons. The molecule has 0 bridgehead atoms. The maximum absolute atomic E-state index is 5.39. The standard InChI is InChI=1S/C21H28N2O/c1-22(13-11-17-7-5-4-6-8-17)16-21-20-10-9-19(24-3)15-18(20)12-14-23(21)2/h4-10,15,21H,11-14,16H2,1-3H3. The van der Waals surface area contributed by atoms with E-state index < -0.39 is 0 Å².